The van der Waals surface area contributed by atoms with Crippen LogP contribution in [0.1, 0.15) is 5.76 Å². The van der Waals surface area contributed by atoms with Gasteiger partial charge in [-0.05, 0) is 35.9 Å². The van der Waals surface area contributed by atoms with Crippen molar-refractivity contribution in [2.45, 2.75) is 10.6 Å². The van der Waals surface area contributed by atoms with Crippen molar-refractivity contribution in [3.8, 4) is 0 Å². The lowest BCUT2D eigenvalue weighted by atomic mass is 10.3. The lowest BCUT2D eigenvalue weighted by Gasteiger charge is -2.17. The van der Waals surface area contributed by atoms with E-state index in [1.54, 1.807) is 29.9 Å². The van der Waals surface area contributed by atoms with E-state index in [4.69, 9.17) is 33.5 Å². The molecule has 0 radical (unpaired) electrons. The molecule has 0 saturated carbocycles. The average molecular weight is 303 g/mol. The molecule has 0 spiro atoms. The van der Waals surface area contributed by atoms with Gasteiger partial charge in [0.1, 0.15) is 5.76 Å². The fraction of sp³-hybridized carbons (Fsp3) is 0.167. The number of nitrogens with two attached hydrogens (primary N) is 1. The van der Waals surface area contributed by atoms with Crippen LogP contribution in [0, 0.1) is 0 Å². The topological polar surface area (TPSA) is 42.4 Å². The minimum atomic E-state index is 0.390. The number of rotatable bonds is 4. The molecule has 1 heterocycles. The highest BCUT2D eigenvalue weighted by Gasteiger charge is 2.11. The van der Waals surface area contributed by atoms with Crippen molar-refractivity contribution < 1.29 is 4.42 Å². The molecular formula is C12H12Cl2N2OS. The minimum absolute atomic E-state index is 0.390. The zero-order valence-corrected chi connectivity index (χ0v) is 12.0. The number of halogens is 2. The van der Waals surface area contributed by atoms with Crippen LogP contribution < -0.4 is 10.9 Å². The van der Waals surface area contributed by atoms with Gasteiger partial charge in [-0.3, -0.25) is 0 Å². The van der Waals surface area contributed by atoms with Gasteiger partial charge in [-0.25, -0.2) is 5.84 Å². The van der Waals surface area contributed by atoms with Crippen molar-refractivity contribution in [3.63, 3.8) is 0 Å². The molecule has 2 N–H and O–H groups in total. The summed E-state index contributed by atoms with van der Waals surface area (Å²) in [5.41, 5.74) is 0.880. The summed E-state index contributed by atoms with van der Waals surface area (Å²) in [6.07, 6.45) is 0. The van der Waals surface area contributed by atoms with Gasteiger partial charge >= 0.3 is 0 Å². The number of hydrogen-bond acceptors (Lipinski definition) is 4. The van der Waals surface area contributed by atoms with Crippen molar-refractivity contribution in [3.05, 3.63) is 46.3 Å². The Morgan fingerprint density at radius 3 is 2.67 bits per heavy atom. The zero-order valence-electron chi connectivity index (χ0n) is 9.69. The Kier molecular flexibility index (Phi) is 4.45. The van der Waals surface area contributed by atoms with E-state index in [2.05, 4.69) is 0 Å². The molecule has 0 fully saturated rings. The van der Waals surface area contributed by atoms with Gasteiger partial charge in [0.15, 0.2) is 5.22 Å². The second kappa shape index (κ2) is 5.89. The number of nitrogens with zero attached hydrogens (tertiary/aromatic N) is 1. The molecule has 0 aliphatic carbocycles. The number of thioether (sulfide) groups is 1. The maximum absolute atomic E-state index is 6.19. The summed E-state index contributed by atoms with van der Waals surface area (Å²) in [5.74, 6) is 7.22. The molecule has 2 rings (SSSR count). The standard InChI is InChI=1S/C12H12Cl2N2OS/c1-16(15)10-4-2-3-9(13)12(10)18-7-8-5-6-11(14)17-8/h2-6H,7,15H2,1H3. The van der Waals surface area contributed by atoms with Crippen LogP contribution >= 0.6 is 35.0 Å². The first-order chi connectivity index (χ1) is 8.58. The molecule has 18 heavy (non-hydrogen) atoms. The van der Waals surface area contributed by atoms with Gasteiger partial charge in [0, 0.05) is 7.05 Å². The van der Waals surface area contributed by atoms with E-state index < -0.39 is 0 Å². The Balaban J connectivity index is 2.18. The summed E-state index contributed by atoms with van der Waals surface area (Å²) in [4.78, 5) is 0.927. The molecule has 6 heteroatoms. The lowest BCUT2D eigenvalue weighted by Crippen LogP contribution is -2.25. The predicted octanol–water partition coefficient (Wildman–Crippen LogP) is 4.19. The van der Waals surface area contributed by atoms with Crippen molar-refractivity contribution >= 4 is 40.7 Å². The van der Waals surface area contributed by atoms with Gasteiger partial charge in [-0.2, -0.15) is 0 Å². The van der Waals surface area contributed by atoms with E-state index in [9.17, 15) is 0 Å². The highest BCUT2D eigenvalue weighted by Crippen LogP contribution is 2.37. The molecule has 96 valence electrons. The third-order valence-corrected chi connectivity index (χ3v) is 4.09. The predicted molar refractivity (Wildman–Crippen MR) is 77.3 cm³/mol. The first kappa shape index (κ1) is 13.6. The highest BCUT2D eigenvalue weighted by molar-refractivity contribution is 7.98. The van der Waals surface area contributed by atoms with Crippen molar-refractivity contribution in [1.29, 1.82) is 0 Å². The maximum atomic E-state index is 6.19. The molecule has 1 aromatic heterocycles. The minimum Gasteiger partial charge on any atom is -0.449 e. The first-order valence-electron chi connectivity index (χ1n) is 5.22. The lowest BCUT2D eigenvalue weighted by molar-refractivity contribution is 0.532. The fourth-order valence-corrected chi connectivity index (χ4v) is 2.99. The SMILES string of the molecule is CN(N)c1cccc(Cl)c1SCc1ccc(Cl)o1. The third-order valence-electron chi connectivity index (χ3n) is 2.31. The Labute approximate surface area is 120 Å². The van der Waals surface area contributed by atoms with Crippen molar-refractivity contribution in [2.75, 3.05) is 12.1 Å². The van der Waals surface area contributed by atoms with E-state index in [0.717, 1.165) is 16.3 Å². The molecule has 1 aromatic carbocycles. The van der Waals surface area contributed by atoms with E-state index in [0.29, 0.717) is 16.0 Å². The number of furan rings is 1. The van der Waals surface area contributed by atoms with Gasteiger partial charge in [0.2, 0.25) is 0 Å². The zero-order chi connectivity index (χ0) is 13.1. The van der Waals surface area contributed by atoms with Gasteiger partial charge in [-0.15, -0.1) is 11.8 Å². The quantitative estimate of drug-likeness (QED) is 0.522. The van der Waals surface area contributed by atoms with E-state index in [1.165, 1.54) is 0 Å². The molecule has 0 bridgehead atoms. The van der Waals surface area contributed by atoms with Crippen LogP contribution in [0.2, 0.25) is 10.2 Å². The van der Waals surface area contributed by atoms with E-state index in [-0.39, 0.29) is 0 Å². The summed E-state index contributed by atoms with van der Waals surface area (Å²) in [6.45, 7) is 0. The molecule has 0 aliphatic rings. The maximum Gasteiger partial charge on any atom is 0.193 e. The van der Waals surface area contributed by atoms with Crippen LogP contribution in [0.15, 0.2) is 39.6 Å². The molecule has 0 aliphatic heterocycles. The van der Waals surface area contributed by atoms with E-state index in [1.807, 2.05) is 24.3 Å². The van der Waals surface area contributed by atoms with Crippen LogP contribution in [-0.2, 0) is 5.75 Å². The fourth-order valence-electron chi connectivity index (χ4n) is 1.49. The molecule has 0 saturated heterocycles. The normalized spacial score (nSPS) is 10.7. The smallest absolute Gasteiger partial charge is 0.193 e. The van der Waals surface area contributed by atoms with Crippen molar-refractivity contribution in [2.24, 2.45) is 5.84 Å². The second-order valence-electron chi connectivity index (χ2n) is 3.69. The number of benzene rings is 1. The van der Waals surface area contributed by atoms with Crippen LogP contribution in [0.5, 0.6) is 0 Å². The molecule has 3 nitrogen and oxygen atoms in total. The summed E-state index contributed by atoms with van der Waals surface area (Å²) in [6, 6.07) is 9.20. The van der Waals surface area contributed by atoms with Gasteiger partial charge in [-0.1, -0.05) is 17.7 Å². The first-order valence-corrected chi connectivity index (χ1v) is 6.96. The Bertz CT molecular complexity index is 543. The summed E-state index contributed by atoms with van der Waals surface area (Å²) in [5, 5.41) is 2.61. The molecule has 0 atom stereocenters. The number of anilines is 1. The third kappa shape index (κ3) is 3.14. The van der Waals surface area contributed by atoms with Gasteiger partial charge in [0.05, 0.1) is 21.4 Å². The average Bonchev–Trinajstić information content (AvgIpc) is 2.73. The Morgan fingerprint density at radius 1 is 1.28 bits per heavy atom. The monoisotopic (exact) mass is 302 g/mol. The van der Waals surface area contributed by atoms with Crippen LogP contribution in [0.4, 0.5) is 5.69 Å². The van der Waals surface area contributed by atoms with Crippen LogP contribution in [0.3, 0.4) is 0 Å². The molecule has 0 unspecified atom stereocenters. The van der Waals surface area contributed by atoms with Crippen molar-refractivity contribution in [1.82, 2.24) is 0 Å². The Hall–Kier alpha value is -0.810. The number of hydrogen-bond donors (Lipinski definition) is 1. The van der Waals surface area contributed by atoms with Crippen LogP contribution in [0.25, 0.3) is 0 Å². The highest BCUT2D eigenvalue weighted by atomic mass is 35.5. The van der Waals surface area contributed by atoms with Gasteiger partial charge in [0.25, 0.3) is 0 Å². The second-order valence-corrected chi connectivity index (χ2v) is 5.46. The summed E-state index contributed by atoms with van der Waals surface area (Å²) >= 11 is 13.5. The molecular weight excluding hydrogens is 291 g/mol. The summed E-state index contributed by atoms with van der Waals surface area (Å²) < 4.78 is 5.30. The van der Waals surface area contributed by atoms with E-state index >= 15 is 0 Å². The largest absolute Gasteiger partial charge is 0.449 e. The molecule has 2 aromatic rings. The van der Waals surface area contributed by atoms with Crippen LogP contribution in [-0.4, -0.2) is 7.05 Å². The number of hydrazine groups is 1. The van der Waals surface area contributed by atoms with Gasteiger partial charge < -0.3 is 9.43 Å². The molecule has 0 amide bonds. The summed E-state index contributed by atoms with van der Waals surface area (Å²) in [7, 11) is 1.78. The Morgan fingerprint density at radius 2 is 2.06 bits per heavy atom.